The zero-order valence-corrected chi connectivity index (χ0v) is 15.2. The zero-order valence-electron chi connectivity index (χ0n) is 15.2. The van der Waals surface area contributed by atoms with Gasteiger partial charge in [-0.05, 0) is 48.0 Å². The summed E-state index contributed by atoms with van der Waals surface area (Å²) in [4.78, 5) is 14.3. The molecule has 25 heavy (non-hydrogen) atoms. The van der Waals surface area contributed by atoms with Gasteiger partial charge in [-0.2, -0.15) is 0 Å². The van der Waals surface area contributed by atoms with Gasteiger partial charge in [0, 0.05) is 25.3 Å². The van der Waals surface area contributed by atoms with Crippen LogP contribution in [0, 0.1) is 0 Å². The fraction of sp³-hybridized carbons (Fsp3) is 0.250. The number of carbonyl (C=O) groups excluding carboxylic acids is 1. The highest BCUT2D eigenvalue weighted by molar-refractivity contribution is 6.07. The Morgan fingerprint density at radius 1 is 0.920 bits per heavy atom. The van der Waals surface area contributed by atoms with E-state index in [0.29, 0.717) is 22.8 Å². The number of hydrogen-bond acceptors (Lipinski definition) is 5. The van der Waals surface area contributed by atoms with E-state index >= 15 is 0 Å². The number of carbonyl (C=O) groups is 1. The van der Waals surface area contributed by atoms with E-state index < -0.39 is 0 Å². The second-order valence-corrected chi connectivity index (χ2v) is 5.60. The molecule has 0 atom stereocenters. The van der Waals surface area contributed by atoms with Crippen LogP contribution in [0.5, 0.6) is 17.2 Å². The van der Waals surface area contributed by atoms with Crippen LogP contribution in [-0.4, -0.2) is 41.2 Å². The molecule has 0 aliphatic carbocycles. The van der Waals surface area contributed by atoms with Gasteiger partial charge in [0.1, 0.15) is 0 Å². The van der Waals surface area contributed by atoms with Crippen LogP contribution in [0.2, 0.25) is 0 Å². The Morgan fingerprint density at radius 3 is 1.92 bits per heavy atom. The lowest BCUT2D eigenvalue weighted by Gasteiger charge is -2.13. The Balaban J connectivity index is 2.24. The average molecular weight is 341 g/mol. The van der Waals surface area contributed by atoms with Gasteiger partial charge in [0.05, 0.1) is 21.3 Å². The monoisotopic (exact) mass is 341 g/mol. The number of hydrogen-bond donors (Lipinski definition) is 0. The van der Waals surface area contributed by atoms with Gasteiger partial charge >= 0.3 is 0 Å². The van der Waals surface area contributed by atoms with Crippen LogP contribution >= 0.6 is 0 Å². The summed E-state index contributed by atoms with van der Waals surface area (Å²) in [6.07, 6.45) is 3.26. The Labute approximate surface area is 148 Å². The van der Waals surface area contributed by atoms with Gasteiger partial charge in [-0.1, -0.05) is 6.08 Å². The molecule has 0 bridgehead atoms. The predicted octanol–water partition coefficient (Wildman–Crippen LogP) is 3.67. The molecule has 0 amide bonds. The molecular weight excluding hydrogens is 318 g/mol. The van der Waals surface area contributed by atoms with Gasteiger partial charge in [-0.3, -0.25) is 4.79 Å². The van der Waals surface area contributed by atoms with Crippen molar-refractivity contribution >= 4 is 17.5 Å². The minimum atomic E-state index is -0.0703. The molecule has 2 aromatic rings. The number of allylic oxidation sites excluding steroid dienone is 1. The van der Waals surface area contributed by atoms with Crippen LogP contribution < -0.4 is 19.1 Å². The lowest BCUT2D eigenvalue weighted by Crippen LogP contribution is -2.08. The summed E-state index contributed by atoms with van der Waals surface area (Å²) < 4.78 is 15.9. The molecule has 0 saturated carbocycles. The van der Waals surface area contributed by atoms with Gasteiger partial charge in [-0.15, -0.1) is 0 Å². The number of nitrogens with zero attached hydrogens (tertiary/aromatic N) is 1. The second-order valence-electron chi connectivity index (χ2n) is 5.60. The lowest BCUT2D eigenvalue weighted by atomic mass is 10.1. The highest BCUT2D eigenvalue weighted by Gasteiger charge is 2.12. The predicted molar refractivity (Wildman–Crippen MR) is 100 cm³/mol. The van der Waals surface area contributed by atoms with Crippen molar-refractivity contribution in [1.82, 2.24) is 0 Å². The van der Waals surface area contributed by atoms with Crippen molar-refractivity contribution in [2.24, 2.45) is 0 Å². The summed E-state index contributed by atoms with van der Waals surface area (Å²) in [7, 11) is 8.59. The average Bonchev–Trinajstić information content (AvgIpc) is 2.64. The standard InChI is InChI=1S/C20H23NO4/c1-21(2)16-9-7-15(8-10-16)17(22)11-6-14-12-18(23-3)20(25-5)19(13-14)24-4/h6-13H,1-5H3/b11-6+. The number of methoxy groups -OCH3 is 3. The summed E-state index contributed by atoms with van der Waals surface area (Å²) in [5, 5.41) is 0. The number of ether oxygens (including phenoxy) is 3. The minimum Gasteiger partial charge on any atom is -0.493 e. The van der Waals surface area contributed by atoms with Crippen molar-refractivity contribution in [3.8, 4) is 17.2 Å². The molecule has 0 aliphatic heterocycles. The SMILES string of the molecule is COc1cc(/C=C/C(=O)c2ccc(N(C)C)cc2)cc(OC)c1OC. The van der Waals surface area contributed by atoms with Gasteiger partial charge in [0.2, 0.25) is 5.75 Å². The summed E-state index contributed by atoms with van der Waals surface area (Å²) in [6.45, 7) is 0. The van der Waals surface area contributed by atoms with E-state index in [-0.39, 0.29) is 5.78 Å². The van der Waals surface area contributed by atoms with Crippen molar-refractivity contribution in [2.75, 3.05) is 40.3 Å². The van der Waals surface area contributed by atoms with E-state index in [1.807, 2.05) is 43.3 Å². The molecule has 5 nitrogen and oxygen atoms in total. The minimum absolute atomic E-state index is 0.0703. The molecule has 0 unspecified atom stereocenters. The van der Waals surface area contributed by atoms with Crippen molar-refractivity contribution in [1.29, 1.82) is 0 Å². The van der Waals surface area contributed by atoms with E-state index in [1.165, 1.54) is 6.08 Å². The number of anilines is 1. The molecular formula is C20H23NO4. The Morgan fingerprint density at radius 2 is 1.48 bits per heavy atom. The first-order valence-electron chi connectivity index (χ1n) is 7.80. The van der Waals surface area contributed by atoms with E-state index in [4.69, 9.17) is 14.2 Å². The highest BCUT2D eigenvalue weighted by atomic mass is 16.5. The maximum Gasteiger partial charge on any atom is 0.203 e. The summed E-state index contributed by atoms with van der Waals surface area (Å²) in [5.41, 5.74) is 2.47. The molecule has 0 N–H and O–H groups in total. The van der Waals surface area contributed by atoms with E-state index in [0.717, 1.165) is 11.3 Å². The maximum absolute atomic E-state index is 12.3. The summed E-state index contributed by atoms with van der Waals surface area (Å²) in [5.74, 6) is 1.54. The number of benzene rings is 2. The summed E-state index contributed by atoms with van der Waals surface area (Å²) in [6, 6.07) is 11.1. The van der Waals surface area contributed by atoms with Crippen molar-refractivity contribution in [2.45, 2.75) is 0 Å². The molecule has 0 aliphatic rings. The fourth-order valence-electron chi connectivity index (χ4n) is 2.39. The molecule has 5 heteroatoms. The van der Waals surface area contributed by atoms with Crippen molar-refractivity contribution in [3.05, 3.63) is 53.6 Å². The molecule has 0 saturated heterocycles. The van der Waals surface area contributed by atoms with Crippen LogP contribution in [0.1, 0.15) is 15.9 Å². The zero-order chi connectivity index (χ0) is 18.4. The van der Waals surface area contributed by atoms with Gasteiger partial charge in [0.25, 0.3) is 0 Å². The number of rotatable bonds is 7. The van der Waals surface area contributed by atoms with Crippen LogP contribution in [0.25, 0.3) is 6.08 Å². The third-order valence-corrected chi connectivity index (χ3v) is 3.78. The lowest BCUT2D eigenvalue weighted by molar-refractivity contribution is 0.104. The first-order valence-corrected chi connectivity index (χ1v) is 7.80. The molecule has 0 fully saturated rings. The largest absolute Gasteiger partial charge is 0.493 e. The van der Waals surface area contributed by atoms with Crippen LogP contribution in [0.4, 0.5) is 5.69 Å². The quantitative estimate of drug-likeness (QED) is 0.568. The van der Waals surface area contributed by atoms with Gasteiger partial charge in [-0.25, -0.2) is 0 Å². The first kappa shape index (κ1) is 18.4. The second kappa shape index (κ2) is 8.24. The third-order valence-electron chi connectivity index (χ3n) is 3.78. The third kappa shape index (κ3) is 4.32. The number of ketones is 1. The van der Waals surface area contributed by atoms with Crippen molar-refractivity contribution < 1.29 is 19.0 Å². The van der Waals surface area contributed by atoms with E-state index in [1.54, 1.807) is 39.5 Å². The molecule has 0 aromatic heterocycles. The normalized spacial score (nSPS) is 10.6. The highest BCUT2D eigenvalue weighted by Crippen LogP contribution is 2.38. The Hall–Kier alpha value is -2.95. The molecule has 132 valence electrons. The topological polar surface area (TPSA) is 48.0 Å². The summed E-state index contributed by atoms with van der Waals surface area (Å²) >= 11 is 0. The molecule has 0 radical (unpaired) electrons. The van der Waals surface area contributed by atoms with Gasteiger partial charge in [0.15, 0.2) is 17.3 Å². The Kier molecular flexibility index (Phi) is 6.06. The molecule has 2 rings (SSSR count). The van der Waals surface area contributed by atoms with Gasteiger partial charge < -0.3 is 19.1 Å². The van der Waals surface area contributed by atoms with Crippen molar-refractivity contribution in [3.63, 3.8) is 0 Å². The molecule has 2 aromatic carbocycles. The molecule has 0 spiro atoms. The first-order chi connectivity index (χ1) is 12.0. The smallest absolute Gasteiger partial charge is 0.203 e. The molecule has 0 heterocycles. The van der Waals surface area contributed by atoms with E-state index in [9.17, 15) is 4.79 Å². The van der Waals surface area contributed by atoms with Crippen LogP contribution in [0.15, 0.2) is 42.5 Å². The van der Waals surface area contributed by atoms with Crippen LogP contribution in [-0.2, 0) is 0 Å². The maximum atomic E-state index is 12.3. The van der Waals surface area contributed by atoms with E-state index in [2.05, 4.69) is 0 Å². The van der Waals surface area contributed by atoms with Crippen LogP contribution in [0.3, 0.4) is 0 Å². The Bertz CT molecular complexity index is 739. The fourth-order valence-corrected chi connectivity index (χ4v) is 2.39.